The molecular weight excluding hydrogens is 276 g/mol. The van der Waals surface area contributed by atoms with Gasteiger partial charge in [0.25, 0.3) is 0 Å². The summed E-state index contributed by atoms with van der Waals surface area (Å²) in [6.45, 7) is 0. The SMILES string of the molecule is CN(C)c1ccc2[nH]c3c(c2c1Br)CCCC3. The topological polar surface area (TPSA) is 19.0 Å². The number of hydrogen-bond donors (Lipinski definition) is 1. The Hall–Kier alpha value is -0.960. The fourth-order valence-corrected chi connectivity index (χ4v) is 3.73. The van der Waals surface area contributed by atoms with Gasteiger partial charge in [0.15, 0.2) is 0 Å². The van der Waals surface area contributed by atoms with Crippen LogP contribution in [0.15, 0.2) is 16.6 Å². The van der Waals surface area contributed by atoms with Gasteiger partial charge in [-0.3, -0.25) is 0 Å². The van der Waals surface area contributed by atoms with Crippen molar-refractivity contribution in [2.75, 3.05) is 19.0 Å². The predicted octanol–water partition coefficient (Wildman–Crippen LogP) is 3.88. The van der Waals surface area contributed by atoms with Gasteiger partial charge in [0, 0.05) is 30.7 Å². The van der Waals surface area contributed by atoms with Gasteiger partial charge >= 0.3 is 0 Å². The normalized spacial score (nSPS) is 15.0. The number of rotatable bonds is 1. The van der Waals surface area contributed by atoms with Gasteiger partial charge in [0.1, 0.15) is 0 Å². The van der Waals surface area contributed by atoms with Gasteiger partial charge in [-0.15, -0.1) is 0 Å². The maximum Gasteiger partial charge on any atom is 0.0513 e. The molecule has 2 nitrogen and oxygen atoms in total. The van der Waals surface area contributed by atoms with E-state index in [9.17, 15) is 0 Å². The van der Waals surface area contributed by atoms with Crippen molar-refractivity contribution >= 4 is 32.5 Å². The van der Waals surface area contributed by atoms with Crippen LogP contribution in [0, 0.1) is 0 Å². The summed E-state index contributed by atoms with van der Waals surface area (Å²) < 4.78 is 1.24. The van der Waals surface area contributed by atoms with Gasteiger partial charge in [-0.25, -0.2) is 0 Å². The van der Waals surface area contributed by atoms with E-state index in [2.05, 4.69) is 52.0 Å². The zero-order valence-corrected chi connectivity index (χ0v) is 11.9. The van der Waals surface area contributed by atoms with Crippen molar-refractivity contribution in [3.8, 4) is 0 Å². The lowest BCUT2D eigenvalue weighted by Gasteiger charge is -2.16. The first kappa shape index (κ1) is 11.1. The lowest BCUT2D eigenvalue weighted by molar-refractivity contribution is 0.680. The summed E-state index contributed by atoms with van der Waals surface area (Å²) >= 11 is 3.78. The van der Waals surface area contributed by atoms with E-state index >= 15 is 0 Å². The second kappa shape index (κ2) is 4.05. The van der Waals surface area contributed by atoms with Crippen molar-refractivity contribution < 1.29 is 0 Å². The number of aromatic nitrogens is 1. The van der Waals surface area contributed by atoms with Crippen LogP contribution in [0.25, 0.3) is 10.9 Å². The molecule has 90 valence electrons. The molecule has 0 bridgehead atoms. The molecule has 3 heteroatoms. The van der Waals surface area contributed by atoms with Crippen molar-refractivity contribution in [3.05, 3.63) is 27.9 Å². The van der Waals surface area contributed by atoms with Gasteiger partial charge < -0.3 is 9.88 Å². The molecule has 1 aliphatic carbocycles. The van der Waals surface area contributed by atoms with Crippen LogP contribution in [-0.4, -0.2) is 19.1 Å². The van der Waals surface area contributed by atoms with E-state index in [1.165, 1.54) is 58.0 Å². The third-order valence-electron chi connectivity index (χ3n) is 3.66. The quantitative estimate of drug-likeness (QED) is 0.845. The maximum absolute atomic E-state index is 3.78. The fraction of sp³-hybridized carbons (Fsp3) is 0.429. The highest BCUT2D eigenvalue weighted by Crippen LogP contribution is 2.38. The molecule has 2 aromatic rings. The second-order valence-corrected chi connectivity index (χ2v) is 5.80. The molecule has 0 aliphatic heterocycles. The zero-order valence-electron chi connectivity index (χ0n) is 10.3. The van der Waals surface area contributed by atoms with Crippen LogP contribution in [0.3, 0.4) is 0 Å². The molecule has 0 saturated heterocycles. The lowest BCUT2D eigenvalue weighted by Crippen LogP contribution is -2.09. The number of aryl methyl sites for hydroxylation is 2. The number of H-pyrrole nitrogens is 1. The molecule has 1 N–H and O–H groups in total. The van der Waals surface area contributed by atoms with E-state index in [0.717, 1.165) is 0 Å². The molecule has 0 atom stereocenters. The molecule has 1 heterocycles. The summed E-state index contributed by atoms with van der Waals surface area (Å²) in [5, 5.41) is 1.39. The first-order valence-corrected chi connectivity index (χ1v) is 6.97. The molecular formula is C14H17BrN2. The first-order chi connectivity index (χ1) is 8.18. The molecule has 1 aromatic heterocycles. The molecule has 0 radical (unpaired) electrons. The second-order valence-electron chi connectivity index (χ2n) is 5.00. The summed E-state index contributed by atoms with van der Waals surface area (Å²) in [7, 11) is 4.18. The Morgan fingerprint density at radius 1 is 1.18 bits per heavy atom. The third kappa shape index (κ3) is 1.68. The van der Waals surface area contributed by atoms with E-state index in [1.807, 2.05) is 0 Å². The highest BCUT2D eigenvalue weighted by molar-refractivity contribution is 9.10. The van der Waals surface area contributed by atoms with Crippen LogP contribution >= 0.6 is 15.9 Å². The van der Waals surface area contributed by atoms with Crippen LogP contribution in [0.4, 0.5) is 5.69 Å². The molecule has 0 fully saturated rings. The number of aromatic amines is 1. The van der Waals surface area contributed by atoms with Crippen LogP contribution in [-0.2, 0) is 12.8 Å². The highest BCUT2D eigenvalue weighted by Gasteiger charge is 2.18. The monoisotopic (exact) mass is 292 g/mol. The summed E-state index contributed by atoms with van der Waals surface area (Å²) in [4.78, 5) is 5.73. The average Bonchev–Trinajstić information content (AvgIpc) is 2.67. The molecule has 0 saturated carbocycles. The van der Waals surface area contributed by atoms with Gasteiger partial charge in [-0.2, -0.15) is 0 Å². The Balaban J connectivity index is 2.30. The number of halogens is 1. The van der Waals surface area contributed by atoms with E-state index in [1.54, 1.807) is 0 Å². The van der Waals surface area contributed by atoms with E-state index in [4.69, 9.17) is 0 Å². The molecule has 0 unspecified atom stereocenters. The number of benzene rings is 1. The number of fused-ring (bicyclic) bond motifs is 3. The van der Waals surface area contributed by atoms with Gasteiger partial charge in [0.05, 0.1) is 10.2 Å². The van der Waals surface area contributed by atoms with Crippen molar-refractivity contribution in [1.29, 1.82) is 0 Å². The summed E-state index contributed by atoms with van der Waals surface area (Å²) in [5.74, 6) is 0. The average molecular weight is 293 g/mol. The largest absolute Gasteiger partial charge is 0.377 e. The van der Waals surface area contributed by atoms with Crippen LogP contribution < -0.4 is 4.90 Å². The smallest absolute Gasteiger partial charge is 0.0513 e. The lowest BCUT2D eigenvalue weighted by atomic mass is 9.95. The Bertz CT molecular complexity index is 569. The van der Waals surface area contributed by atoms with Gasteiger partial charge in [-0.1, -0.05) is 0 Å². The molecule has 17 heavy (non-hydrogen) atoms. The van der Waals surface area contributed by atoms with E-state index < -0.39 is 0 Å². The van der Waals surface area contributed by atoms with E-state index in [0.29, 0.717) is 0 Å². The number of nitrogens with one attached hydrogen (secondary N) is 1. The predicted molar refractivity (Wildman–Crippen MR) is 77.0 cm³/mol. The Labute approximate surface area is 110 Å². The van der Waals surface area contributed by atoms with E-state index in [-0.39, 0.29) is 0 Å². The van der Waals surface area contributed by atoms with Crippen LogP contribution in [0.2, 0.25) is 0 Å². The highest BCUT2D eigenvalue weighted by atomic mass is 79.9. The number of nitrogens with zero attached hydrogens (tertiary/aromatic N) is 1. The number of hydrogen-bond acceptors (Lipinski definition) is 1. The minimum Gasteiger partial charge on any atom is -0.377 e. The Morgan fingerprint density at radius 2 is 1.94 bits per heavy atom. The zero-order chi connectivity index (χ0) is 12.0. The Morgan fingerprint density at radius 3 is 2.71 bits per heavy atom. The van der Waals surface area contributed by atoms with Crippen molar-refractivity contribution in [3.63, 3.8) is 0 Å². The first-order valence-electron chi connectivity index (χ1n) is 6.17. The standard InChI is InChI=1S/C14H17BrN2/c1-17(2)12-8-7-11-13(14(12)15)9-5-3-4-6-10(9)16-11/h7-8,16H,3-6H2,1-2H3. The minimum absolute atomic E-state index is 1.20. The van der Waals surface area contributed by atoms with Crippen LogP contribution in [0.1, 0.15) is 24.1 Å². The van der Waals surface area contributed by atoms with Crippen molar-refractivity contribution in [2.24, 2.45) is 0 Å². The fourth-order valence-electron chi connectivity index (χ4n) is 2.79. The molecule has 0 spiro atoms. The summed E-state index contributed by atoms with van der Waals surface area (Å²) in [6, 6.07) is 4.38. The minimum atomic E-state index is 1.20. The summed E-state index contributed by atoms with van der Waals surface area (Å²) in [5.41, 5.74) is 5.50. The van der Waals surface area contributed by atoms with Gasteiger partial charge in [-0.05, 0) is 59.3 Å². The summed E-state index contributed by atoms with van der Waals surface area (Å²) in [6.07, 6.45) is 5.05. The molecule has 1 aliphatic rings. The maximum atomic E-state index is 3.78. The molecule has 1 aromatic carbocycles. The van der Waals surface area contributed by atoms with Gasteiger partial charge in [0.2, 0.25) is 0 Å². The number of anilines is 1. The third-order valence-corrected chi connectivity index (χ3v) is 4.46. The molecule has 0 amide bonds. The van der Waals surface area contributed by atoms with Crippen molar-refractivity contribution in [1.82, 2.24) is 4.98 Å². The van der Waals surface area contributed by atoms with Crippen molar-refractivity contribution in [2.45, 2.75) is 25.7 Å². The van der Waals surface area contributed by atoms with Crippen LogP contribution in [0.5, 0.6) is 0 Å². The Kier molecular flexibility index (Phi) is 2.66. The molecule has 3 rings (SSSR count).